The van der Waals surface area contributed by atoms with Gasteiger partial charge in [-0.15, -0.1) is 11.3 Å². The fourth-order valence-corrected chi connectivity index (χ4v) is 8.62. The molecule has 10 rings (SSSR count). The lowest BCUT2D eigenvalue weighted by atomic mass is 9.94. The van der Waals surface area contributed by atoms with Crippen molar-refractivity contribution < 1.29 is 0 Å². The van der Waals surface area contributed by atoms with Crippen LogP contribution in [0.3, 0.4) is 0 Å². The number of pyridine rings is 1. The minimum Gasteiger partial charge on any atom is -0.247 e. The quantitative estimate of drug-likeness (QED) is 0.164. The van der Waals surface area contributed by atoms with Crippen molar-refractivity contribution in [2.24, 2.45) is 0 Å². The first-order valence-corrected chi connectivity index (χ1v) is 19.1. The monoisotopic (exact) mass is 720 g/mol. The second-order valence-electron chi connectivity index (χ2n) is 13.4. The molecule has 3 aromatic heterocycles. The molecule has 258 valence electrons. The van der Waals surface area contributed by atoms with E-state index in [0.29, 0.717) is 17.5 Å². The lowest BCUT2D eigenvalue weighted by molar-refractivity contribution is 1.07. The maximum atomic E-state index is 5.31. The molecule has 0 spiro atoms. The molecule has 0 aliphatic heterocycles. The first-order valence-electron chi connectivity index (χ1n) is 18.3. The number of rotatable bonds is 7. The van der Waals surface area contributed by atoms with Gasteiger partial charge in [0, 0.05) is 48.2 Å². The number of benzene rings is 7. The van der Waals surface area contributed by atoms with Crippen LogP contribution in [-0.4, -0.2) is 19.9 Å². The van der Waals surface area contributed by atoms with Crippen molar-refractivity contribution in [2.75, 3.05) is 0 Å². The van der Waals surface area contributed by atoms with Gasteiger partial charge in [-0.3, -0.25) is 0 Å². The summed E-state index contributed by atoms with van der Waals surface area (Å²) in [6.07, 6.45) is 0. The largest absolute Gasteiger partial charge is 0.247 e. The van der Waals surface area contributed by atoms with Crippen molar-refractivity contribution in [2.45, 2.75) is 0 Å². The summed E-state index contributed by atoms with van der Waals surface area (Å²) in [6, 6.07) is 67.3. The van der Waals surface area contributed by atoms with Crippen LogP contribution in [0.15, 0.2) is 194 Å². The third-order valence-corrected chi connectivity index (χ3v) is 11.2. The van der Waals surface area contributed by atoms with E-state index in [0.717, 1.165) is 60.9 Å². The van der Waals surface area contributed by atoms with Crippen molar-refractivity contribution in [3.05, 3.63) is 194 Å². The molecule has 4 nitrogen and oxygen atoms in total. The van der Waals surface area contributed by atoms with E-state index in [9.17, 15) is 0 Å². The Hall–Kier alpha value is -7.08. The van der Waals surface area contributed by atoms with Crippen LogP contribution in [0, 0.1) is 0 Å². The van der Waals surface area contributed by atoms with Crippen LogP contribution in [0.1, 0.15) is 0 Å². The molecule has 5 heteroatoms. The molecular formula is C50H32N4S. The summed E-state index contributed by atoms with van der Waals surface area (Å²) in [7, 11) is 0. The summed E-state index contributed by atoms with van der Waals surface area (Å²) in [5.74, 6) is 1.89. The first kappa shape index (κ1) is 32.6. The summed E-state index contributed by atoms with van der Waals surface area (Å²) >= 11 is 1.82. The highest BCUT2D eigenvalue weighted by atomic mass is 32.1. The average molecular weight is 721 g/mol. The molecule has 0 aliphatic rings. The molecule has 0 saturated heterocycles. The first-order chi connectivity index (χ1) is 27.3. The third-order valence-electron chi connectivity index (χ3n) is 9.94. The number of aromatic nitrogens is 4. The molecular weight excluding hydrogens is 689 g/mol. The zero-order chi connectivity index (χ0) is 36.6. The topological polar surface area (TPSA) is 51.6 Å². The number of hydrogen-bond donors (Lipinski definition) is 0. The Labute approximate surface area is 323 Å². The Morgan fingerprint density at radius 2 is 0.782 bits per heavy atom. The number of thiophene rings is 1. The number of para-hydroxylation sites is 1. The van der Waals surface area contributed by atoms with Gasteiger partial charge in [0.05, 0.1) is 11.2 Å². The standard InChI is InChI=1S/C50H32N4S/c1-5-16-33(17-6-1)34-28-30-38(31-29-34)49-52-48(37-22-11-4-12-23-37)53-50(54-49)40-25-15-24-39(32-40)46-43(35-18-7-2-8-19-35)44-45(36-20-9-3-10-21-36)51-42-27-14-13-26-41(42)47(44)55-46/h1-32H. The number of nitrogens with zero attached hydrogens (tertiary/aromatic N) is 4. The third kappa shape index (κ3) is 6.17. The van der Waals surface area contributed by atoms with Crippen molar-refractivity contribution >= 4 is 32.3 Å². The van der Waals surface area contributed by atoms with Crippen LogP contribution in [-0.2, 0) is 0 Å². The van der Waals surface area contributed by atoms with Crippen LogP contribution in [0.2, 0.25) is 0 Å². The Balaban J connectivity index is 1.17. The minimum absolute atomic E-state index is 0.623. The lowest BCUT2D eigenvalue weighted by Gasteiger charge is -2.12. The zero-order valence-corrected chi connectivity index (χ0v) is 30.5. The Morgan fingerprint density at radius 3 is 1.44 bits per heavy atom. The SMILES string of the molecule is c1ccc(-c2ccc(-c3nc(-c4ccccc4)nc(-c4cccc(-c5sc6c(c(-c7ccccc7)nc7ccccc76)c5-c5ccccc5)c4)n3)cc2)cc1. The second-order valence-corrected chi connectivity index (χ2v) is 14.4. The summed E-state index contributed by atoms with van der Waals surface area (Å²) in [4.78, 5) is 21.7. The van der Waals surface area contributed by atoms with E-state index in [1.54, 1.807) is 0 Å². The van der Waals surface area contributed by atoms with Crippen LogP contribution >= 0.6 is 11.3 Å². The Morgan fingerprint density at radius 1 is 0.327 bits per heavy atom. The van der Waals surface area contributed by atoms with Gasteiger partial charge in [-0.2, -0.15) is 0 Å². The van der Waals surface area contributed by atoms with E-state index in [1.807, 2.05) is 47.7 Å². The van der Waals surface area contributed by atoms with Crippen molar-refractivity contribution in [3.8, 4) is 78.1 Å². The Bertz CT molecular complexity index is 2940. The maximum Gasteiger partial charge on any atom is 0.164 e. The van der Waals surface area contributed by atoms with Crippen molar-refractivity contribution in [3.63, 3.8) is 0 Å². The van der Waals surface area contributed by atoms with E-state index in [2.05, 4.69) is 158 Å². The molecule has 10 aromatic rings. The van der Waals surface area contributed by atoms with Gasteiger partial charge in [0.1, 0.15) is 0 Å². The van der Waals surface area contributed by atoms with Gasteiger partial charge in [-0.05, 0) is 34.4 Å². The molecule has 7 aromatic carbocycles. The van der Waals surface area contributed by atoms with E-state index in [-0.39, 0.29) is 0 Å². The van der Waals surface area contributed by atoms with Crippen molar-refractivity contribution in [1.29, 1.82) is 0 Å². The lowest BCUT2D eigenvalue weighted by Crippen LogP contribution is -2.00. The van der Waals surface area contributed by atoms with Crippen LogP contribution in [0.25, 0.3) is 99.1 Å². The summed E-state index contributed by atoms with van der Waals surface area (Å²) in [5, 5.41) is 2.31. The second kappa shape index (κ2) is 14.0. The molecule has 0 saturated carbocycles. The molecule has 0 bridgehead atoms. The highest BCUT2D eigenvalue weighted by Gasteiger charge is 2.23. The molecule has 55 heavy (non-hydrogen) atoms. The summed E-state index contributed by atoms with van der Waals surface area (Å²) in [6.45, 7) is 0. The van der Waals surface area contributed by atoms with Gasteiger partial charge in [-0.25, -0.2) is 19.9 Å². The van der Waals surface area contributed by atoms with Gasteiger partial charge >= 0.3 is 0 Å². The number of hydrogen-bond acceptors (Lipinski definition) is 5. The predicted octanol–water partition coefficient (Wildman–Crippen LogP) is 13.3. The van der Waals surface area contributed by atoms with Gasteiger partial charge < -0.3 is 0 Å². The number of fused-ring (bicyclic) bond motifs is 3. The molecule has 0 unspecified atom stereocenters. The highest BCUT2D eigenvalue weighted by Crippen LogP contribution is 2.50. The Kier molecular flexibility index (Phi) is 8.32. The van der Waals surface area contributed by atoms with Crippen LogP contribution in [0.4, 0.5) is 0 Å². The predicted molar refractivity (Wildman–Crippen MR) is 229 cm³/mol. The maximum absolute atomic E-state index is 5.31. The molecule has 0 amide bonds. The molecule has 0 N–H and O–H groups in total. The fourth-order valence-electron chi connectivity index (χ4n) is 7.27. The van der Waals surface area contributed by atoms with Crippen LogP contribution < -0.4 is 0 Å². The molecule has 0 fully saturated rings. The molecule has 0 atom stereocenters. The molecule has 3 heterocycles. The van der Waals surface area contributed by atoms with Gasteiger partial charge in [-0.1, -0.05) is 182 Å². The van der Waals surface area contributed by atoms with Crippen LogP contribution in [0.5, 0.6) is 0 Å². The fraction of sp³-hybridized carbons (Fsp3) is 0. The van der Waals surface area contributed by atoms with Crippen molar-refractivity contribution in [1.82, 2.24) is 19.9 Å². The minimum atomic E-state index is 0.623. The molecule has 0 aliphatic carbocycles. The molecule has 0 radical (unpaired) electrons. The van der Waals surface area contributed by atoms with Gasteiger partial charge in [0.2, 0.25) is 0 Å². The van der Waals surface area contributed by atoms with E-state index >= 15 is 0 Å². The van der Waals surface area contributed by atoms with E-state index < -0.39 is 0 Å². The smallest absolute Gasteiger partial charge is 0.164 e. The summed E-state index contributed by atoms with van der Waals surface area (Å²) < 4.78 is 1.22. The van der Waals surface area contributed by atoms with Gasteiger partial charge in [0.15, 0.2) is 17.5 Å². The van der Waals surface area contributed by atoms with E-state index in [1.165, 1.54) is 20.7 Å². The zero-order valence-electron chi connectivity index (χ0n) is 29.7. The average Bonchev–Trinajstić information content (AvgIpc) is 3.69. The summed E-state index contributed by atoms with van der Waals surface area (Å²) in [5.41, 5.74) is 11.6. The van der Waals surface area contributed by atoms with E-state index in [4.69, 9.17) is 19.9 Å². The highest BCUT2D eigenvalue weighted by molar-refractivity contribution is 7.24. The normalized spacial score (nSPS) is 11.3. The van der Waals surface area contributed by atoms with Gasteiger partial charge in [0.25, 0.3) is 0 Å².